The van der Waals surface area contributed by atoms with Crippen molar-refractivity contribution in [1.82, 2.24) is 15.0 Å². The van der Waals surface area contributed by atoms with Gasteiger partial charge in [-0.05, 0) is 45.1 Å². The number of hydrogen-bond acceptors (Lipinski definition) is 3. The Bertz CT molecular complexity index is 614. The van der Waals surface area contributed by atoms with Crippen molar-refractivity contribution in [3.8, 4) is 0 Å². The van der Waals surface area contributed by atoms with E-state index >= 15 is 0 Å². The van der Waals surface area contributed by atoms with E-state index in [1.807, 2.05) is 6.92 Å². The second-order valence-corrected chi connectivity index (χ2v) is 5.84. The van der Waals surface area contributed by atoms with Crippen LogP contribution in [0.25, 0.3) is 11.0 Å². The highest BCUT2D eigenvalue weighted by molar-refractivity contribution is 5.90. The SMILES string of the molecule is CCCc1c(C)[nH]c2c(N3CCCCC3)nc(C)nc12.Cl. The highest BCUT2D eigenvalue weighted by atomic mass is 35.5. The lowest BCUT2D eigenvalue weighted by molar-refractivity contribution is 0.574. The number of aromatic nitrogens is 3. The van der Waals surface area contributed by atoms with Crippen LogP contribution in [0.2, 0.25) is 0 Å². The molecule has 1 aliphatic heterocycles. The lowest BCUT2D eigenvalue weighted by atomic mass is 10.1. The van der Waals surface area contributed by atoms with Crippen molar-refractivity contribution in [2.45, 2.75) is 52.9 Å². The molecule has 116 valence electrons. The monoisotopic (exact) mass is 308 g/mol. The molecule has 0 unspecified atom stereocenters. The quantitative estimate of drug-likeness (QED) is 0.934. The van der Waals surface area contributed by atoms with Crippen LogP contribution in [-0.4, -0.2) is 28.0 Å². The summed E-state index contributed by atoms with van der Waals surface area (Å²) in [6.07, 6.45) is 6.12. The van der Waals surface area contributed by atoms with Gasteiger partial charge in [-0.1, -0.05) is 13.3 Å². The average molecular weight is 309 g/mol. The number of aryl methyl sites for hydroxylation is 3. The van der Waals surface area contributed by atoms with Crippen LogP contribution in [0.1, 0.15) is 49.7 Å². The number of fused-ring (bicyclic) bond motifs is 1. The van der Waals surface area contributed by atoms with Gasteiger partial charge >= 0.3 is 0 Å². The Morgan fingerprint density at radius 1 is 1.10 bits per heavy atom. The third-order valence-electron chi connectivity index (χ3n) is 4.21. The normalized spacial score (nSPS) is 15.3. The molecule has 0 spiro atoms. The van der Waals surface area contributed by atoms with E-state index in [0.29, 0.717) is 0 Å². The molecule has 1 fully saturated rings. The molecule has 1 aliphatic rings. The molecule has 2 aromatic heterocycles. The molecule has 1 N–H and O–H groups in total. The Balaban J connectivity index is 0.00000161. The molecule has 4 nitrogen and oxygen atoms in total. The molecule has 0 radical (unpaired) electrons. The second-order valence-electron chi connectivity index (χ2n) is 5.84. The Labute approximate surface area is 132 Å². The molecule has 2 aromatic rings. The summed E-state index contributed by atoms with van der Waals surface area (Å²) in [5.74, 6) is 1.99. The van der Waals surface area contributed by atoms with Gasteiger partial charge in [-0.25, -0.2) is 9.97 Å². The molecule has 0 saturated carbocycles. The molecule has 0 bridgehead atoms. The van der Waals surface area contributed by atoms with E-state index in [1.165, 1.54) is 30.5 Å². The first-order valence-corrected chi connectivity index (χ1v) is 7.81. The summed E-state index contributed by atoms with van der Waals surface area (Å²) < 4.78 is 0. The van der Waals surface area contributed by atoms with E-state index in [4.69, 9.17) is 9.97 Å². The summed E-state index contributed by atoms with van der Waals surface area (Å²) in [7, 11) is 0. The number of nitrogens with zero attached hydrogens (tertiary/aromatic N) is 3. The number of anilines is 1. The fraction of sp³-hybridized carbons (Fsp3) is 0.625. The van der Waals surface area contributed by atoms with Crippen molar-refractivity contribution < 1.29 is 0 Å². The maximum atomic E-state index is 4.72. The highest BCUT2D eigenvalue weighted by Gasteiger charge is 2.20. The standard InChI is InChI=1S/C16H24N4.ClH/c1-4-8-13-11(2)17-15-14(13)18-12(3)19-16(15)20-9-6-5-7-10-20;/h17H,4-10H2,1-3H3;1H. The zero-order valence-corrected chi connectivity index (χ0v) is 14.0. The number of H-pyrrole nitrogens is 1. The molecule has 1 saturated heterocycles. The van der Waals surface area contributed by atoms with E-state index in [9.17, 15) is 0 Å². The first-order valence-electron chi connectivity index (χ1n) is 7.81. The van der Waals surface area contributed by atoms with Crippen LogP contribution in [0, 0.1) is 13.8 Å². The van der Waals surface area contributed by atoms with Gasteiger partial charge in [0.2, 0.25) is 0 Å². The van der Waals surface area contributed by atoms with Crippen LogP contribution in [-0.2, 0) is 6.42 Å². The van der Waals surface area contributed by atoms with E-state index < -0.39 is 0 Å². The van der Waals surface area contributed by atoms with Crippen LogP contribution in [0.15, 0.2) is 0 Å². The van der Waals surface area contributed by atoms with Gasteiger partial charge in [0.15, 0.2) is 5.82 Å². The van der Waals surface area contributed by atoms with Crippen molar-refractivity contribution in [3.63, 3.8) is 0 Å². The van der Waals surface area contributed by atoms with Gasteiger partial charge in [-0.15, -0.1) is 12.4 Å². The summed E-state index contributed by atoms with van der Waals surface area (Å²) in [5, 5.41) is 0. The van der Waals surface area contributed by atoms with Gasteiger partial charge < -0.3 is 9.88 Å². The van der Waals surface area contributed by atoms with Crippen LogP contribution >= 0.6 is 12.4 Å². The molecule has 0 aromatic carbocycles. The Kier molecular flexibility index (Phi) is 5.09. The first-order chi connectivity index (χ1) is 9.70. The first kappa shape index (κ1) is 16.1. The molecule has 0 amide bonds. The smallest absolute Gasteiger partial charge is 0.156 e. The van der Waals surface area contributed by atoms with Crippen molar-refractivity contribution in [2.24, 2.45) is 0 Å². The number of rotatable bonds is 3. The number of hydrogen-bond donors (Lipinski definition) is 1. The predicted octanol–water partition coefficient (Wildman–Crippen LogP) is 3.94. The summed E-state index contributed by atoms with van der Waals surface area (Å²) in [6.45, 7) is 8.62. The van der Waals surface area contributed by atoms with Gasteiger partial charge in [0.25, 0.3) is 0 Å². The van der Waals surface area contributed by atoms with Crippen LogP contribution in [0.3, 0.4) is 0 Å². The molecule has 5 heteroatoms. The third kappa shape index (κ3) is 3.00. The average Bonchev–Trinajstić information content (AvgIpc) is 2.76. The van der Waals surface area contributed by atoms with Crippen molar-refractivity contribution in [2.75, 3.05) is 18.0 Å². The maximum absolute atomic E-state index is 4.72. The second kappa shape index (κ2) is 6.65. The number of halogens is 1. The van der Waals surface area contributed by atoms with Gasteiger partial charge in [-0.2, -0.15) is 0 Å². The van der Waals surface area contributed by atoms with Gasteiger partial charge in [0, 0.05) is 18.8 Å². The van der Waals surface area contributed by atoms with Gasteiger partial charge in [0.05, 0.1) is 5.52 Å². The molecule has 3 heterocycles. The predicted molar refractivity (Wildman–Crippen MR) is 90.7 cm³/mol. The summed E-state index contributed by atoms with van der Waals surface area (Å²) in [5.41, 5.74) is 4.89. The van der Waals surface area contributed by atoms with Crippen molar-refractivity contribution in [1.29, 1.82) is 0 Å². The molecule has 21 heavy (non-hydrogen) atoms. The minimum atomic E-state index is 0. The van der Waals surface area contributed by atoms with E-state index in [1.54, 1.807) is 0 Å². The van der Waals surface area contributed by atoms with Crippen molar-refractivity contribution >= 4 is 29.3 Å². The Hall–Kier alpha value is -1.29. The van der Waals surface area contributed by atoms with E-state index in [2.05, 4.69) is 23.7 Å². The molecular formula is C16H25ClN4. The van der Waals surface area contributed by atoms with Gasteiger partial charge in [-0.3, -0.25) is 0 Å². The number of piperidine rings is 1. The van der Waals surface area contributed by atoms with Crippen molar-refractivity contribution in [3.05, 3.63) is 17.1 Å². The number of aromatic amines is 1. The molecular weight excluding hydrogens is 284 g/mol. The highest BCUT2D eigenvalue weighted by Crippen LogP contribution is 2.30. The Morgan fingerprint density at radius 3 is 2.48 bits per heavy atom. The zero-order valence-electron chi connectivity index (χ0n) is 13.2. The largest absolute Gasteiger partial charge is 0.355 e. The summed E-state index contributed by atoms with van der Waals surface area (Å²) >= 11 is 0. The zero-order chi connectivity index (χ0) is 14.1. The van der Waals surface area contributed by atoms with Crippen LogP contribution in [0.5, 0.6) is 0 Å². The van der Waals surface area contributed by atoms with E-state index in [-0.39, 0.29) is 12.4 Å². The Morgan fingerprint density at radius 2 is 1.81 bits per heavy atom. The van der Waals surface area contributed by atoms with Crippen LogP contribution in [0.4, 0.5) is 5.82 Å². The lowest BCUT2D eigenvalue weighted by Gasteiger charge is -2.28. The van der Waals surface area contributed by atoms with Crippen LogP contribution < -0.4 is 4.90 Å². The third-order valence-corrected chi connectivity index (χ3v) is 4.21. The minimum absolute atomic E-state index is 0. The fourth-order valence-corrected chi connectivity index (χ4v) is 3.22. The summed E-state index contributed by atoms with van der Waals surface area (Å²) in [4.78, 5) is 15.4. The number of nitrogens with one attached hydrogen (secondary N) is 1. The lowest BCUT2D eigenvalue weighted by Crippen LogP contribution is -2.30. The fourth-order valence-electron chi connectivity index (χ4n) is 3.22. The molecule has 0 atom stereocenters. The maximum Gasteiger partial charge on any atom is 0.156 e. The van der Waals surface area contributed by atoms with Gasteiger partial charge in [0.1, 0.15) is 11.3 Å². The minimum Gasteiger partial charge on any atom is -0.355 e. The molecule has 0 aliphatic carbocycles. The summed E-state index contributed by atoms with van der Waals surface area (Å²) in [6, 6.07) is 0. The topological polar surface area (TPSA) is 44.8 Å². The molecule has 3 rings (SSSR count). The van der Waals surface area contributed by atoms with E-state index in [0.717, 1.165) is 48.6 Å².